The van der Waals surface area contributed by atoms with Crippen molar-refractivity contribution in [2.75, 3.05) is 12.8 Å². The van der Waals surface area contributed by atoms with Crippen LogP contribution < -0.4 is 5.73 Å². The molecule has 4 nitrogen and oxygen atoms in total. The predicted octanol–water partition coefficient (Wildman–Crippen LogP) is 2.81. The van der Waals surface area contributed by atoms with Crippen LogP contribution in [-0.2, 0) is 0 Å². The number of aryl methyl sites for hydroxylation is 1. The summed E-state index contributed by atoms with van der Waals surface area (Å²) in [6.07, 6.45) is 0. The van der Waals surface area contributed by atoms with Crippen molar-refractivity contribution in [3.05, 3.63) is 59.4 Å². The number of carbonyl (C=O) groups is 1. The number of carbonyl (C=O) groups excluding carboxylic acids is 1. The molecule has 1 aromatic carbocycles. The highest BCUT2D eigenvalue weighted by Gasteiger charge is 2.19. The molecule has 1 aromatic heterocycles. The van der Waals surface area contributed by atoms with Gasteiger partial charge in [-0.1, -0.05) is 18.2 Å². The Morgan fingerprint density at radius 1 is 1.25 bits per heavy atom. The standard InChI is InChI=1S/C16H19N3O/c1-11-6-4-9-15(18-11)16(20)19(3)12(2)13-7-5-8-14(17)10-13/h4-10,12H,17H2,1-3H3. The summed E-state index contributed by atoms with van der Waals surface area (Å²) < 4.78 is 0. The maximum absolute atomic E-state index is 12.4. The topological polar surface area (TPSA) is 59.2 Å². The molecule has 0 bridgehead atoms. The van der Waals surface area contributed by atoms with E-state index >= 15 is 0 Å². The molecular weight excluding hydrogens is 250 g/mol. The Morgan fingerprint density at radius 3 is 2.60 bits per heavy atom. The number of aromatic nitrogens is 1. The Labute approximate surface area is 119 Å². The summed E-state index contributed by atoms with van der Waals surface area (Å²) in [5.74, 6) is -0.0939. The Bertz CT molecular complexity index is 625. The highest BCUT2D eigenvalue weighted by molar-refractivity contribution is 5.92. The Morgan fingerprint density at radius 2 is 1.95 bits per heavy atom. The summed E-state index contributed by atoms with van der Waals surface area (Å²) in [6.45, 7) is 3.85. The van der Waals surface area contributed by atoms with Gasteiger partial charge in [0.1, 0.15) is 5.69 Å². The first-order chi connectivity index (χ1) is 9.49. The first-order valence-electron chi connectivity index (χ1n) is 6.55. The molecule has 2 aromatic rings. The van der Waals surface area contributed by atoms with Crippen LogP contribution in [0.25, 0.3) is 0 Å². The molecule has 0 saturated carbocycles. The van der Waals surface area contributed by atoms with Crippen LogP contribution in [0.3, 0.4) is 0 Å². The van der Waals surface area contributed by atoms with Gasteiger partial charge in [0.15, 0.2) is 0 Å². The number of rotatable bonds is 3. The van der Waals surface area contributed by atoms with Crippen molar-refractivity contribution < 1.29 is 4.79 Å². The lowest BCUT2D eigenvalue weighted by atomic mass is 10.1. The number of nitrogens with zero attached hydrogens (tertiary/aromatic N) is 2. The molecule has 1 heterocycles. The molecule has 0 fully saturated rings. The van der Waals surface area contributed by atoms with E-state index in [1.54, 1.807) is 18.0 Å². The smallest absolute Gasteiger partial charge is 0.272 e. The maximum Gasteiger partial charge on any atom is 0.272 e. The number of anilines is 1. The van der Waals surface area contributed by atoms with Gasteiger partial charge in [-0.3, -0.25) is 4.79 Å². The number of amides is 1. The van der Waals surface area contributed by atoms with E-state index in [1.807, 2.05) is 50.2 Å². The first-order valence-corrected chi connectivity index (χ1v) is 6.55. The fourth-order valence-electron chi connectivity index (χ4n) is 2.06. The predicted molar refractivity (Wildman–Crippen MR) is 80.3 cm³/mol. The second kappa shape index (κ2) is 5.74. The molecule has 0 saturated heterocycles. The van der Waals surface area contributed by atoms with Crippen molar-refractivity contribution in [2.45, 2.75) is 19.9 Å². The third kappa shape index (κ3) is 2.96. The molecule has 20 heavy (non-hydrogen) atoms. The van der Waals surface area contributed by atoms with Crippen molar-refractivity contribution in [3.63, 3.8) is 0 Å². The minimum absolute atomic E-state index is 0.0617. The molecule has 0 aliphatic rings. The maximum atomic E-state index is 12.4. The van der Waals surface area contributed by atoms with E-state index in [0.717, 1.165) is 11.3 Å². The summed E-state index contributed by atoms with van der Waals surface area (Å²) in [4.78, 5) is 18.4. The van der Waals surface area contributed by atoms with E-state index in [-0.39, 0.29) is 11.9 Å². The van der Waals surface area contributed by atoms with Crippen LogP contribution in [0, 0.1) is 6.92 Å². The zero-order valence-corrected chi connectivity index (χ0v) is 12.0. The van der Waals surface area contributed by atoms with Crippen molar-refractivity contribution >= 4 is 11.6 Å². The average Bonchev–Trinajstić information content (AvgIpc) is 2.45. The van der Waals surface area contributed by atoms with Gasteiger partial charge >= 0.3 is 0 Å². The molecule has 0 radical (unpaired) electrons. The SMILES string of the molecule is Cc1cccc(C(=O)N(C)C(C)c2cccc(N)c2)n1. The van der Waals surface area contributed by atoms with Crippen LogP contribution in [0.5, 0.6) is 0 Å². The van der Waals surface area contributed by atoms with Gasteiger partial charge in [-0.25, -0.2) is 4.98 Å². The third-order valence-corrected chi connectivity index (χ3v) is 3.40. The van der Waals surface area contributed by atoms with Gasteiger partial charge < -0.3 is 10.6 Å². The van der Waals surface area contributed by atoms with Crippen molar-refractivity contribution in [1.29, 1.82) is 0 Å². The van der Waals surface area contributed by atoms with E-state index in [1.165, 1.54) is 0 Å². The third-order valence-electron chi connectivity index (χ3n) is 3.40. The molecule has 0 aliphatic carbocycles. The second-order valence-corrected chi connectivity index (χ2v) is 4.93. The summed E-state index contributed by atoms with van der Waals surface area (Å²) in [7, 11) is 1.78. The lowest BCUT2D eigenvalue weighted by Crippen LogP contribution is -2.30. The van der Waals surface area contributed by atoms with Gasteiger partial charge in [0.05, 0.1) is 6.04 Å². The van der Waals surface area contributed by atoms with E-state index in [0.29, 0.717) is 11.4 Å². The summed E-state index contributed by atoms with van der Waals surface area (Å²) in [5, 5.41) is 0. The monoisotopic (exact) mass is 269 g/mol. The summed E-state index contributed by atoms with van der Waals surface area (Å²) >= 11 is 0. The summed E-state index contributed by atoms with van der Waals surface area (Å²) in [5.41, 5.74) is 8.79. The Balaban J connectivity index is 2.22. The van der Waals surface area contributed by atoms with E-state index < -0.39 is 0 Å². The molecule has 1 amide bonds. The average molecular weight is 269 g/mol. The Kier molecular flexibility index (Phi) is 4.03. The summed E-state index contributed by atoms with van der Waals surface area (Å²) in [6, 6.07) is 13.0. The van der Waals surface area contributed by atoms with Gasteiger partial charge in [0, 0.05) is 18.4 Å². The van der Waals surface area contributed by atoms with Gasteiger partial charge in [-0.05, 0) is 43.7 Å². The van der Waals surface area contributed by atoms with E-state index in [9.17, 15) is 4.79 Å². The van der Waals surface area contributed by atoms with Gasteiger partial charge in [0.2, 0.25) is 0 Å². The lowest BCUT2D eigenvalue weighted by molar-refractivity contribution is 0.0736. The lowest BCUT2D eigenvalue weighted by Gasteiger charge is -2.25. The molecule has 1 atom stereocenters. The largest absolute Gasteiger partial charge is 0.399 e. The first kappa shape index (κ1) is 14.1. The highest BCUT2D eigenvalue weighted by atomic mass is 16.2. The molecule has 104 valence electrons. The molecule has 1 unspecified atom stereocenters. The molecule has 4 heteroatoms. The fraction of sp³-hybridized carbons (Fsp3) is 0.250. The minimum Gasteiger partial charge on any atom is -0.399 e. The van der Waals surface area contributed by atoms with Gasteiger partial charge in [-0.15, -0.1) is 0 Å². The minimum atomic E-state index is -0.0939. The van der Waals surface area contributed by atoms with Crippen molar-refractivity contribution in [2.24, 2.45) is 0 Å². The number of nitrogen functional groups attached to an aromatic ring is 1. The van der Waals surface area contributed by atoms with E-state index in [4.69, 9.17) is 5.73 Å². The number of pyridine rings is 1. The van der Waals surface area contributed by atoms with Crippen LogP contribution in [0.4, 0.5) is 5.69 Å². The fourth-order valence-corrected chi connectivity index (χ4v) is 2.06. The van der Waals surface area contributed by atoms with Crippen molar-refractivity contribution in [1.82, 2.24) is 9.88 Å². The second-order valence-electron chi connectivity index (χ2n) is 4.93. The van der Waals surface area contributed by atoms with Crippen LogP contribution in [-0.4, -0.2) is 22.8 Å². The number of hydrogen-bond acceptors (Lipinski definition) is 3. The van der Waals surface area contributed by atoms with Crippen LogP contribution in [0.2, 0.25) is 0 Å². The molecule has 2 rings (SSSR count). The zero-order chi connectivity index (χ0) is 14.7. The molecular formula is C16H19N3O. The van der Waals surface area contributed by atoms with Crippen molar-refractivity contribution in [3.8, 4) is 0 Å². The molecule has 0 aliphatic heterocycles. The van der Waals surface area contributed by atoms with Crippen LogP contribution in [0.15, 0.2) is 42.5 Å². The molecule has 2 N–H and O–H groups in total. The zero-order valence-electron chi connectivity index (χ0n) is 12.0. The van der Waals surface area contributed by atoms with Gasteiger partial charge in [0.25, 0.3) is 5.91 Å². The number of benzene rings is 1. The van der Waals surface area contributed by atoms with E-state index in [2.05, 4.69) is 4.98 Å². The normalized spacial score (nSPS) is 11.9. The Hall–Kier alpha value is -2.36. The quantitative estimate of drug-likeness (QED) is 0.872. The highest BCUT2D eigenvalue weighted by Crippen LogP contribution is 2.22. The number of nitrogens with two attached hydrogens (primary N) is 1. The molecule has 0 spiro atoms. The number of hydrogen-bond donors (Lipinski definition) is 1. The van der Waals surface area contributed by atoms with Crippen LogP contribution >= 0.6 is 0 Å². The van der Waals surface area contributed by atoms with Crippen LogP contribution in [0.1, 0.15) is 34.7 Å². The van der Waals surface area contributed by atoms with Gasteiger partial charge in [-0.2, -0.15) is 0 Å².